The number of carbonyl (C=O) groups excluding carboxylic acids is 1. The van der Waals surface area contributed by atoms with Gasteiger partial charge in [0.1, 0.15) is 0 Å². The Bertz CT molecular complexity index is 298. The number of likely N-dealkylation sites (tertiary alicyclic amines) is 1. The zero-order valence-corrected chi connectivity index (χ0v) is 12.7. The quantitative estimate of drug-likeness (QED) is 0.678. The Kier molecular flexibility index (Phi) is 6.23. The number of nitrogens with zero attached hydrogens (tertiary/aromatic N) is 1. The monoisotopic (exact) mass is 271 g/mol. The highest BCUT2D eigenvalue weighted by atomic mass is 16.5. The molecule has 1 aliphatic rings. The van der Waals surface area contributed by atoms with Gasteiger partial charge in [0, 0.05) is 19.7 Å². The van der Waals surface area contributed by atoms with Gasteiger partial charge in [-0.15, -0.1) is 0 Å². The third-order valence-corrected chi connectivity index (χ3v) is 4.16. The molecule has 0 aliphatic carbocycles. The number of amides is 1. The second kappa shape index (κ2) is 7.22. The van der Waals surface area contributed by atoms with Crippen molar-refractivity contribution in [2.75, 3.05) is 33.4 Å². The van der Waals surface area contributed by atoms with E-state index in [1.165, 1.54) is 6.42 Å². The molecule has 1 rings (SSSR count). The minimum absolute atomic E-state index is 0.270. The van der Waals surface area contributed by atoms with Crippen LogP contribution in [0.1, 0.15) is 33.6 Å². The van der Waals surface area contributed by atoms with Gasteiger partial charge in [-0.05, 0) is 45.7 Å². The number of primary amides is 1. The molecule has 0 aromatic rings. The van der Waals surface area contributed by atoms with Crippen LogP contribution in [0.25, 0.3) is 0 Å². The molecule has 3 unspecified atom stereocenters. The maximum atomic E-state index is 11.6. The molecule has 0 spiro atoms. The summed E-state index contributed by atoms with van der Waals surface area (Å²) in [5.74, 6) is 0.347. The lowest BCUT2D eigenvalue weighted by Gasteiger charge is -2.34. The first-order chi connectivity index (χ1) is 8.92. The summed E-state index contributed by atoms with van der Waals surface area (Å²) in [5.41, 5.74) is 4.92. The van der Waals surface area contributed by atoms with Crippen molar-refractivity contribution < 1.29 is 9.53 Å². The van der Waals surface area contributed by atoms with E-state index in [1.807, 2.05) is 13.8 Å². The van der Waals surface area contributed by atoms with Crippen LogP contribution in [0.5, 0.6) is 0 Å². The molecular formula is C14H29N3O2. The van der Waals surface area contributed by atoms with Crippen molar-refractivity contribution in [1.29, 1.82) is 0 Å². The van der Waals surface area contributed by atoms with Crippen molar-refractivity contribution in [3.63, 3.8) is 0 Å². The van der Waals surface area contributed by atoms with Crippen LogP contribution in [0, 0.1) is 5.92 Å². The molecule has 1 heterocycles. The zero-order chi connectivity index (χ0) is 14.5. The molecule has 3 N–H and O–H groups in total. The van der Waals surface area contributed by atoms with E-state index in [4.69, 9.17) is 10.5 Å². The van der Waals surface area contributed by atoms with Crippen LogP contribution in [0.2, 0.25) is 0 Å². The van der Waals surface area contributed by atoms with Gasteiger partial charge in [-0.25, -0.2) is 0 Å². The molecule has 1 aliphatic heterocycles. The normalized spacial score (nSPS) is 25.2. The van der Waals surface area contributed by atoms with E-state index >= 15 is 0 Å². The van der Waals surface area contributed by atoms with E-state index in [0.717, 1.165) is 32.7 Å². The average molecular weight is 271 g/mol. The molecule has 0 bridgehead atoms. The summed E-state index contributed by atoms with van der Waals surface area (Å²) in [5, 5.41) is 3.22. The first-order valence-corrected chi connectivity index (χ1v) is 7.20. The summed E-state index contributed by atoms with van der Waals surface area (Å²) in [7, 11) is 1.75. The molecule has 0 aromatic carbocycles. The van der Waals surface area contributed by atoms with Crippen molar-refractivity contribution in [1.82, 2.24) is 10.2 Å². The third kappa shape index (κ3) is 4.44. The highest BCUT2D eigenvalue weighted by Gasteiger charge is 2.35. The Labute approximate surface area is 116 Å². The van der Waals surface area contributed by atoms with E-state index in [0.29, 0.717) is 12.0 Å². The number of likely N-dealkylation sites (N-methyl/N-ethyl adjacent to an activating group) is 1. The van der Waals surface area contributed by atoms with Gasteiger partial charge < -0.3 is 20.7 Å². The van der Waals surface area contributed by atoms with Gasteiger partial charge in [-0.3, -0.25) is 4.79 Å². The second-order valence-electron chi connectivity index (χ2n) is 5.88. The van der Waals surface area contributed by atoms with E-state index in [-0.39, 0.29) is 5.91 Å². The van der Waals surface area contributed by atoms with Crippen LogP contribution in [-0.2, 0) is 9.53 Å². The van der Waals surface area contributed by atoms with E-state index in [2.05, 4.69) is 17.1 Å². The molecule has 1 fully saturated rings. The highest BCUT2D eigenvalue weighted by molar-refractivity contribution is 5.84. The fourth-order valence-electron chi connectivity index (χ4n) is 3.00. The summed E-state index contributed by atoms with van der Waals surface area (Å²) < 4.78 is 5.22. The third-order valence-electron chi connectivity index (χ3n) is 4.16. The number of nitrogens with two attached hydrogens (primary N) is 1. The lowest BCUT2D eigenvalue weighted by atomic mass is 9.92. The standard InChI is InChI=1S/C14H29N3O2/c1-5-16-14(3,13(15)18)8-11(2)17-7-6-12(9-17)10-19-4/h11-12,16H,5-10H2,1-4H3,(H2,15,18). The lowest BCUT2D eigenvalue weighted by Crippen LogP contribution is -2.56. The van der Waals surface area contributed by atoms with Gasteiger partial charge >= 0.3 is 0 Å². The van der Waals surface area contributed by atoms with Crippen LogP contribution < -0.4 is 11.1 Å². The zero-order valence-electron chi connectivity index (χ0n) is 12.7. The maximum absolute atomic E-state index is 11.6. The Hall–Kier alpha value is -0.650. The number of rotatable bonds is 8. The lowest BCUT2D eigenvalue weighted by molar-refractivity contribution is -0.124. The van der Waals surface area contributed by atoms with E-state index < -0.39 is 5.54 Å². The van der Waals surface area contributed by atoms with Crippen molar-refractivity contribution in [3.05, 3.63) is 0 Å². The molecule has 0 aromatic heterocycles. The van der Waals surface area contributed by atoms with Crippen LogP contribution in [0.3, 0.4) is 0 Å². The second-order valence-corrected chi connectivity index (χ2v) is 5.88. The van der Waals surface area contributed by atoms with Crippen LogP contribution >= 0.6 is 0 Å². The predicted molar refractivity (Wildman–Crippen MR) is 76.9 cm³/mol. The van der Waals surface area contributed by atoms with Crippen molar-refractivity contribution in [2.24, 2.45) is 11.7 Å². The Balaban J connectivity index is 2.54. The van der Waals surface area contributed by atoms with Gasteiger partial charge in [0.25, 0.3) is 0 Å². The summed E-state index contributed by atoms with van der Waals surface area (Å²) in [6, 6.07) is 0.346. The Morgan fingerprint density at radius 2 is 2.32 bits per heavy atom. The molecule has 3 atom stereocenters. The van der Waals surface area contributed by atoms with Crippen LogP contribution in [-0.4, -0.2) is 55.7 Å². The molecule has 5 nitrogen and oxygen atoms in total. The molecule has 0 saturated carbocycles. The largest absolute Gasteiger partial charge is 0.384 e. The minimum atomic E-state index is -0.618. The molecule has 1 amide bonds. The van der Waals surface area contributed by atoms with Gasteiger partial charge in [-0.1, -0.05) is 6.92 Å². The van der Waals surface area contributed by atoms with Crippen molar-refractivity contribution in [3.8, 4) is 0 Å². The number of methoxy groups -OCH3 is 1. The fraction of sp³-hybridized carbons (Fsp3) is 0.929. The van der Waals surface area contributed by atoms with Gasteiger partial charge in [0.05, 0.1) is 12.1 Å². The number of nitrogens with one attached hydrogen (secondary N) is 1. The van der Waals surface area contributed by atoms with Crippen molar-refractivity contribution >= 4 is 5.91 Å². The first-order valence-electron chi connectivity index (χ1n) is 7.20. The van der Waals surface area contributed by atoms with Crippen molar-refractivity contribution in [2.45, 2.75) is 45.2 Å². The van der Waals surface area contributed by atoms with Gasteiger partial charge in [0.15, 0.2) is 0 Å². The molecule has 19 heavy (non-hydrogen) atoms. The molecule has 5 heteroatoms. The summed E-state index contributed by atoms with van der Waals surface area (Å²) in [4.78, 5) is 14.1. The van der Waals surface area contributed by atoms with Gasteiger partial charge in [0.2, 0.25) is 5.91 Å². The number of ether oxygens (including phenoxy) is 1. The highest BCUT2D eigenvalue weighted by Crippen LogP contribution is 2.23. The molecular weight excluding hydrogens is 242 g/mol. The fourth-order valence-corrected chi connectivity index (χ4v) is 3.00. The predicted octanol–water partition coefficient (Wildman–Crippen LogP) is 0.587. The van der Waals surface area contributed by atoms with Gasteiger partial charge in [-0.2, -0.15) is 0 Å². The number of hydrogen-bond donors (Lipinski definition) is 2. The molecule has 0 radical (unpaired) electrons. The Morgan fingerprint density at radius 3 is 2.84 bits per heavy atom. The smallest absolute Gasteiger partial charge is 0.237 e. The SMILES string of the molecule is CCNC(C)(CC(C)N1CCC(COC)C1)C(N)=O. The van der Waals surface area contributed by atoms with Crippen LogP contribution in [0.15, 0.2) is 0 Å². The minimum Gasteiger partial charge on any atom is -0.384 e. The molecule has 1 saturated heterocycles. The van der Waals surface area contributed by atoms with E-state index in [1.54, 1.807) is 7.11 Å². The van der Waals surface area contributed by atoms with E-state index in [9.17, 15) is 4.79 Å². The summed E-state index contributed by atoms with van der Waals surface area (Å²) >= 11 is 0. The molecule has 112 valence electrons. The number of hydrogen-bond acceptors (Lipinski definition) is 4. The topological polar surface area (TPSA) is 67.6 Å². The summed E-state index contributed by atoms with van der Waals surface area (Å²) in [6.07, 6.45) is 1.92. The Morgan fingerprint density at radius 1 is 1.63 bits per heavy atom. The average Bonchev–Trinajstić information content (AvgIpc) is 2.78. The summed E-state index contributed by atoms with van der Waals surface area (Å²) in [6.45, 7) is 9.77. The number of carbonyl (C=O) groups is 1. The van der Waals surface area contributed by atoms with Crippen LogP contribution in [0.4, 0.5) is 0 Å². The first kappa shape index (κ1) is 16.4. The maximum Gasteiger partial charge on any atom is 0.237 e.